The monoisotopic (exact) mass is 259 g/mol. The average Bonchev–Trinajstić information content (AvgIpc) is 2.27. The van der Waals surface area contributed by atoms with Crippen molar-refractivity contribution in [1.29, 1.82) is 0 Å². The molecule has 0 saturated carbocycles. The number of aliphatic hydroxyl groups excluding tert-OH is 1. The van der Waals surface area contributed by atoms with Crippen LogP contribution in [-0.4, -0.2) is 37.0 Å². The van der Waals surface area contributed by atoms with E-state index in [0.29, 0.717) is 5.41 Å². The summed E-state index contributed by atoms with van der Waals surface area (Å²) in [4.78, 5) is 0. The van der Waals surface area contributed by atoms with Gasteiger partial charge in [0.1, 0.15) is 0 Å². The minimum absolute atomic E-state index is 0.125. The number of aliphatic hydroxyl groups is 1. The Kier molecular flexibility index (Phi) is 8.83. The molecule has 0 radical (unpaired) electrons. The van der Waals surface area contributed by atoms with Gasteiger partial charge in [-0.1, -0.05) is 27.7 Å². The van der Waals surface area contributed by atoms with E-state index in [2.05, 4.69) is 39.9 Å². The topological polar surface area (TPSA) is 41.5 Å². The molecule has 110 valence electrons. The third-order valence-corrected chi connectivity index (χ3v) is 3.22. The van der Waals surface area contributed by atoms with Crippen molar-refractivity contribution >= 4 is 0 Å². The second kappa shape index (κ2) is 8.89. The molecule has 0 amide bonds. The predicted octanol–water partition coefficient (Wildman–Crippen LogP) is 2.97. The first kappa shape index (κ1) is 17.9. The van der Waals surface area contributed by atoms with Crippen LogP contribution in [0.5, 0.6) is 0 Å². The Morgan fingerprint density at radius 2 is 1.67 bits per heavy atom. The first-order chi connectivity index (χ1) is 8.33. The third-order valence-electron chi connectivity index (χ3n) is 3.22. The van der Waals surface area contributed by atoms with E-state index in [9.17, 15) is 5.11 Å². The van der Waals surface area contributed by atoms with Crippen molar-refractivity contribution in [3.8, 4) is 0 Å². The summed E-state index contributed by atoms with van der Waals surface area (Å²) < 4.78 is 5.64. The lowest BCUT2D eigenvalue weighted by Crippen LogP contribution is -2.45. The van der Waals surface area contributed by atoms with Crippen molar-refractivity contribution in [2.75, 3.05) is 26.4 Å². The predicted molar refractivity (Wildman–Crippen MR) is 77.9 cm³/mol. The summed E-state index contributed by atoms with van der Waals surface area (Å²) in [6.45, 7) is 13.7. The Labute approximate surface area is 113 Å². The third kappa shape index (κ3) is 9.86. The molecule has 2 N–H and O–H groups in total. The van der Waals surface area contributed by atoms with Crippen LogP contribution >= 0.6 is 0 Å². The van der Waals surface area contributed by atoms with E-state index >= 15 is 0 Å². The standard InChI is InChI=1S/C15H33NO2/c1-6-16-15(5,13-17)9-7-8-11-18-12-10-14(2,3)4/h16-17H,6-13H2,1-5H3. The lowest BCUT2D eigenvalue weighted by Gasteiger charge is -2.28. The van der Waals surface area contributed by atoms with E-state index in [1.165, 1.54) is 0 Å². The molecule has 0 aliphatic carbocycles. The maximum Gasteiger partial charge on any atom is 0.0610 e. The Bertz CT molecular complexity index is 201. The molecule has 1 unspecified atom stereocenters. The fourth-order valence-corrected chi connectivity index (χ4v) is 1.85. The highest BCUT2D eigenvalue weighted by Crippen LogP contribution is 2.18. The lowest BCUT2D eigenvalue weighted by atomic mass is 9.93. The fourth-order valence-electron chi connectivity index (χ4n) is 1.85. The van der Waals surface area contributed by atoms with Crippen molar-refractivity contribution in [3.63, 3.8) is 0 Å². The van der Waals surface area contributed by atoms with Gasteiger partial charge in [-0.15, -0.1) is 0 Å². The van der Waals surface area contributed by atoms with Crippen LogP contribution in [0.4, 0.5) is 0 Å². The van der Waals surface area contributed by atoms with E-state index < -0.39 is 0 Å². The number of nitrogens with one attached hydrogen (secondary N) is 1. The number of rotatable bonds is 10. The minimum Gasteiger partial charge on any atom is -0.394 e. The second-order valence-electron chi connectivity index (χ2n) is 6.63. The highest BCUT2D eigenvalue weighted by molar-refractivity contribution is 4.81. The lowest BCUT2D eigenvalue weighted by molar-refractivity contribution is 0.101. The molecule has 0 aromatic heterocycles. The van der Waals surface area contributed by atoms with Crippen LogP contribution in [0.25, 0.3) is 0 Å². The zero-order valence-corrected chi connectivity index (χ0v) is 13.0. The largest absolute Gasteiger partial charge is 0.394 e. The van der Waals surface area contributed by atoms with E-state index in [0.717, 1.165) is 45.4 Å². The molecule has 0 heterocycles. The molecule has 0 aromatic carbocycles. The molecule has 3 nitrogen and oxygen atoms in total. The normalized spacial score (nSPS) is 15.7. The molecule has 0 aromatic rings. The Morgan fingerprint density at radius 3 is 2.17 bits per heavy atom. The summed E-state index contributed by atoms with van der Waals surface area (Å²) in [5, 5.41) is 12.7. The van der Waals surface area contributed by atoms with Gasteiger partial charge in [-0.3, -0.25) is 0 Å². The Morgan fingerprint density at radius 1 is 1.00 bits per heavy atom. The van der Waals surface area contributed by atoms with Gasteiger partial charge >= 0.3 is 0 Å². The molecule has 0 aliphatic rings. The van der Waals surface area contributed by atoms with Crippen molar-refractivity contribution in [2.24, 2.45) is 5.41 Å². The van der Waals surface area contributed by atoms with Crippen LogP contribution in [0.15, 0.2) is 0 Å². The average molecular weight is 259 g/mol. The van der Waals surface area contributed by atoms with Gasteiger partial charge < -0.3 is 15.2 Å². The van der Waals surface area contributed by atoms with Crippen molar-refractivity contribution in [1.82, 2.24) is 5.32 Å². The smallest absolute Gasteiger partial charge is 0.0610 e. The molecule has 0 fully saturated rings. The Balaban J connectivity index is 3.50. The van der Waals surface area contributed by atoms with Crippen LogP contribution < -0.4 is 5.32 Å². The molecule has 0 spiro atoms. The van der Waals surface area contributed by atoms with Crippen molar-refractivity contribution < 1.29 is 9.84 Å². The van der Waals surface area contributed by atoms with Gasteiger partial charge in [-0.05, 0) is 44.6 Å². The quantitative estimate of drug-likeness (QED) is 0.593. The highest BCUT2D eigenvalue weighted by atomic mass is 16.5. The number of hydrogen-bond acceptors (Lipinski definition) is 3. The fraction of sp³-hybridized carbons (Fsp3) is 1.00. The van der Waals surface area contributed by atoms with Crippen LogP contribution in [0, 0.1) is 5.41 Å². The van der Waals surface area contributed by atoms with Gasteiger partial charge in [0.25, 0.3) is 0 Å². The van der Waals surface area contributed by atoms with Crippen LogP contribution in [0.1, 0.15) is 60.3 Å². The number of unbranched alkanes of at least 4 members (excludes halogenated alkanes) is 1. The summed E-state index contributed by atoms with van der Waals surface area (Å²) in [6.07, 6.45) is 4.28. The first-order valence-electron chi connectivity index (χ1n) is 7.26. The van der Waals surface area contributed by atoms with Gasteiger partial charge in [0.15, 0.2) is 0 Å². The van der Waals surface area contributed by atoms with Crippen molar-refractivity contribution in [3.05, 3.63) is 0 Å². The van der Waals surface area contributed by atoms with Crippen LogP contribution in [0.2, 0.25) is 0 Å². The summed E-state index contributed by atoms with van der Waals surface area (Å²) in [7, 11) is 0. The van der Waals surface area contributed by atoms with E-state index in [4.69, 9.17) is 4.74 Å². The first-order valence-corrected chi connectivity index (χ1v) is 7.26. The van der Waals surface area contributed by atoms with Crippen LogP contribution in [-0.2, 0) is 4.74 Å². The van der Waals surface area contributed by atoms with E-state index in [1.54, 1.807) is 0 Å². The van der Waals surface area contributed by atoms with E-state index in [-0.39, 0.29) is 12.1 Å². The maximum atomic E-state index is 9.35. The number of hydrogen-bond donors (Lipinski definition) is 2. The van der Waals surface area contributed by atoms with Crippen LogP contribution in [0.3, 0.4) is 0 Å². The van der Waals surface area contributed by atoms with Gasteiger partial charge in [0.2, 0.25) is 0 Å². The Hall–Kier alpha value is -0.120. The number of ether oxygens (including phenoxy) is 1. The molecule has 0 aliphatic heterocycles. The SMILES string of the molecule is CCNC(C)(CO)CCCCOCCC(C)(C)C. The summed E-state index contributed by atoms with van der Waals surface area (Å²) in [5.41, 5.74) is 0.237. The van der Waals surface area contributed by atoms with E-state index in [1.807, 2.05) is 0 Å². The van der Waals surface area contributed by atoms with Gasteiger partial charge in [-0.2, -0.15) is 0 Å². The number of likely N-dealkylation sites (N-methyl/N-ethyl adjacent to an activating group) is 1. The van der Waals surface area contributed by atoms with Gasteiger partial charge in [-0.25, -0.2) is 0 Å². The zero-order chi connectivity index (χ0) is 14.1. The molecule has 18 heavy (non-hydrogen) atoms. The molecule has 3 heteroatoms. The molecule has 0 saturated heterocycles. The summed E-state index contributed by atoms with van der Waals surface area (Å²) >= 11 is 0. The summed E-state index contributed by atoms with van der Waals surface area (Å²) in [5.74, 6) is 0. The summed E-state index contributed by atoms with van der Waals surface area (Å²) in [6, 6.07) is 0. The maximum absolute atomic E-state index is 9.35. The van der Waals surface area contributed by atoms with Gasteiger partial charge in [0, 0.05) is 18.8 Å². The zero-order valence-electron chi connectivity index (χ0n) is 13.0. The second-order valence-corrected chi connectivity index (χ2v) is 6.63. The molecular formula is C15H33NO2. The highest BCUT2D eigenvalue weighted by Gasteiger charge is 2.20. The van der Waals surface area contributed by atoms with Crippen molar-refractivity contribution in [2.45, 2.75) is 65.8 Å². The molecular weight excluding hydrogens is 226 g/mol. The van der Waals surface area contributed by atoms with Gasteiger partial charge in [0.05, 0.1) is 6.61 Å². The minimum atomic E-state index is -0.125. The molecule has 0 rings (SSSR count). The molecule has 0 bridgehead atoms. The molecule has 1 atom stereocenters.